The Bertz CT molecular complexity index is 472. The fourth-order valence-electron chi connectivity index (χ4n) is 1.33. The van der Waals surface area contributed by atoms with Gasteiger partial charge in [0.25, 0.3) is 0 Å². The van der Waals surface area contributed by atoms with Gasteiger partial charge in [-0.1, -0.05) is 22.0 Å². The molecule has 1 aromatic heterocycles. The van der Waals surface area contributed by atoms with Crippen LogP contribution in [0.5, 0.6) is 0 Å². The largest absolute Gasteiger partial charge is 0.380 e. The van der Waals surface area contributed by atoms with E-state index in [9.17, 15) is 0 Å². The van der Waals surface area contributed by atoms with Crippen LogP contribution in [0.2, 0.25) is 0 Å². The maximum atomic E-state index is 4.07. The summed E-state index contributed by atoms with van der Waals surface area (Å²) in [7, 11) is 0. The molecule has 0 aliphatic rings. The molecule has 0 atom stereocenters. The van der Waals surface area contributed by atoms with E-state index in [1.807, 2.05) is 36.5 Å². The third-order valence-corrected chi connectivity index (χ3v) is 3.29. The zero-order valence-corrected chi connectivity index (χ0v) is 11.6. The second kappa shape index (κ2) is 5.46. The number of pyridine rings is 1. The molecule has 0 spiro atoms. The number of hydrogen-bond donors (Lipinski definition) is 1. The topological polar surface area (TPSA) is 24.9 Å². The van der Waals surface area contributed by atoms with Crippen LogP contribution in [0.3, 0.4) is 0 Å². The van der Waals surface area contributed by atoms with Gasteiger partial charge in [-0.05, 0) is 45.8 Å². The molecule has 0 fully saturated rings. The van der Waals surface area contributed by atoms with E-state index >= 15 is 0 Å². The zero-order valence-electron chi connectivity index (χ0n) is 8.45. The molecule has 0 saturated carbocycles. The highest BCUT2D eigenvalue weighted by Gasteiger charge is 1.99. The van der Waals surface area contributed by atoms with Crippen molar-refractivity contribution in [1.29, 1.82) is 0 Å². The third-order valence-electron chi connectivity index (χ3n) is 2.14. The lowest BCUT2D eigenvalue weighted by Crippen LogP contribution is -2.00. The molecule has 0 aliphatic carbocycles. The molecule has 1 aromatic carbocycles. The first-order valence-corrected chi connectivity index (χ1v) is 6.42. The Labute approximate surface area is 111 Å². The monoisotopic (exact) mass is 340 g/mol. The van der Waals surface area contributed by atoms with Crippen LogP contribution in [0.25, 0.3) is 0 Å². The summed E-state index contributed by atoms with van der Waals surface area (Å²) in [4.78, 5) is 4.07. The van der Waals surface area contributed by atoms with Gasteiger partial charge in [-0.25, -0.2) is 0 Å². The number of benzene rings is 1. The highest BCUT2D eigenvalue weighted by atomic mass is 79.9. The van der Waals surface area contributed by atoms with Crippen molar-refractivity contribution in [1.82, 2.24) is 4.98 Å². The number of halogens is 2. The van der Waals surface area contributed by atoms with Gasteiger partial charge in [0.1, 0.15) is 0 Å². The van der Waals surface area contributed by atoms with Crippen molar-refractivity contribution in [3.05, 3.63) is 57.2 Å². The predicted octanol–water partition coefficient (Wildman–Crippen LogP) is 4.22. The van der Waals surface area contributed by atoms with Gasteiger partial charge < -0.3 is 5.32 Å². The summed E-state index contributed by atoms with van der Waals surface area (Å²) in [5, 5.41) is 3.35. The highest BCUT2D eigenvalue weighted by Crippen LogP contribution is 2.26. The van der Waals surface area contributed by atoms with E-state index in [0.717, 1.165) is 26.7 Å². The van der Waals surface area contributed by atoms with Gasteiger partial charge >= 0.3 is 0 Å². The van der Waals surface area contributed by atoms with Gasteiger partial charge in [-0.2, -0.15) is 0 Å². The van der Waals surface area contributed by atoms with E-state index in [0.29, 0.717) is 0 Å². The van der Waals surface area contributed by atoms with Crippen LogP contribution in [0.15, 0.2) is 51.7 Å². The average molecular weight is 342 g/mol. The first kappa shape index (κ1) is 11.6. The lowest BCUT2D eigenvalue weighted by Gasteiger charge is -2.08. The Morgan fingerprint density at radius 2 is 2.06 bits per heavy atom. The molecule has 1 heterocycles. The fourth-order valence-corrected chi connectivity index (χ4v) is 2.52. The Balaban J connectivity index is 2.05. The van der Waals surface area contributed by atoms with Crippen molar-refractivity contribution < 1.29 is 0 Å². The Morgan fingerprint density at radius 1 is 1.19 bits per heavy atom. The van der Waals surface area contributed by atoms with E-state index in [2.05, 4.69) is 42.2 Å². The maximum Gasteiger partial charge on any atom is 0.0488 e. The molecule has 4 heteroatoms. The van der Waals surface area contributed by atoms with Gasteiger partial charge in [-0.15, -0.1) is 0 Å². The van der Waals surface area contributed by atoms with E-state index in [1.165, 1.54) is 0 Å². The molecule has 0 amide bonds. The standard InChI is InChI=1S/C12H10Br2N2/c13-10-3-4-12(11(14)6-10)16-8-9-2-1-5-15-7-9/h1-7,16H,8H2. The zero-order chi connectivity index (χ0) is 11.4. The first-order chi connectivity index (χ1) is 7.75. The van der Waals surface area contributed by atoms with E-state index in [1.54, 1.807) is 6.20 Å². The van der Waals surface area contributed by atoms with Crippen molar-refractivity contribution in [2.45, 2.75) is 6.54 Å². The minimum Gasteiger partial charge on any atom is -0.380 e. The van der Waals surface area contributed by atoms with E-state index < -0.39 is 0 Å². The molecule has 0 saturated heterocycles. The van der Waals surface area contributed by atoms with Crippen LogP contribution in [0.4, 0.5) is 5.69 Å². The van der Waals surface area contributed by atoms with Crippen LogP contribution in [0, 0.1) is 0 Å². The van der Waals surface area contributed by atoms with E-state index in [4.69, 9.17) is 0 Å². The van der Waals surface area contributed by atoms with Crippen molar-refractivity contribution in [2.24, 2.45) is 0 Å². The molecule has 16 heavy (non-hydrogen) atoms. The van der Waals surface area contributed by atoms with Crippen molar-refractivity contribution in [2.75, 3.05) is 5.32 Å². The summed E-state index contributed by atoms with van der Waals surface area (Å²) in [6.45, 7) is 0.772. The van der Waals surface area contributed by atoms with Crippen LogP contribution in [0.1, 0.15) is 5.56 Å². The van der Waals surface area contributed by atoms with Gasteiger partial charge in [-0.3, -0.25) is 4.98 Å². The fraction of sp³-hybridized carbons (Fsp3) is 0.0833. The molecule has 0 bridgehead atoms. The smallest absolute Gasteiger partial charge is 0.0488 e. The quantitative estimate of drug-likeness (QED) is 0.904. The molecule has 0 unspecified atom stereocenters. The number of nitrogens with zero attached hydrogens (tertiary/aromatic N) is 1. The molecule has 0 radical (unpaired) electrons. The second-order valence-corrected chi connectivity index (χ2v) is 5.11. The van der Waals surface area contributed by atoms with Crippen molar-refractivity contribution in [3.8, 4) is 0 Å². The molecular weight excluding hydrogens is 332 g/mol. The van der Waals surface area contributed by atoms with Crippen LogP contribution in [-0.2, 0) is 6.54 Å². The first-order valence-electron chi connectivity index (χ1n) is 4.83. The SMILES string of the molecule is Brc1ccc(NCc2cccnc2)c(Br)c1. The molecule has 82 valence electrons. The number of nitrogens with one attached hydrogen (secondary N) is 1. The van der Waals surface area contributed by atoms with Crippen LogP contribution < -0.4 is 5.32 Å². The van der Waals surface area contributed by atoms with Gasteiger partial charge in [0.15, 0.2) is 0 Å². The summed E-state index contributed by atoms with van der Waals surface area (Å²) < 4.78 is 2.11. The number of anilines is 1. The summed E-state index contributed by atoms with van der Waals surface area (Å²) in [5.41, 5.74) is 2.24. The molecule has 2 nitrogen and oxygen atoms in total. The Morgan fingerprint density at radius 3 is 2.75 bits per heavy atom. The van der Waals surface area contributed by atoms with Crippen LogP contribution in [-0.4, -0.2) is 4.98 Å². The maximum absolute atomic E-state index is 4.07. The Hall–Kier alpha value is -0.870. The van der Waals surface area contributed by atoms with E-state index in [-0.39, 0.29) is 0 Å². The van der Waals surface area contributed by atoms with Crippen molar-refractivity contribution in [3.63, 3.8) is 0 Å². The van der Waals surface area contributed by atoms with Gasteiger partial charge in [0.05, 0.1) is 0 Å². The van der Waals surface area contributed by atoms with Crippen LogP contribution >= 0.6 is 31.9 Å². The highest BCUT2D eigenvalue weighted by molar-refractivity contribution is 9.11. The lowest BCUT2D eigenvalue weighted by molar-refractivity contribution is 1.11. The molecule has 2 rings (SSSR count). The normalized spacial score (nSPS) is 10.1. The molecule has 2 aromatic rings. The summed E-state index contributed by atoms with van der Waals surface area (Å²) in [6.07, 6.45) is 3.64. The van der Waals surface area contributed by atoms with Gasteiger partial charge in [0, 0.05) is 33.6 Å². The predicted molar refractivity (Wildman–Crippen MR) is 73.4 cm³/mol. The third kappa shape index (κ3) is 3.06. The lowest BCUT2D eigenvalue weighted by atomic mass is 10.2. The molecule has 1 N–H and O–H groups in total. The summed E-state index contributed by atoms with van der Waals surface area (Å²) in [6, 6.07) is 10.0. The molecule has 0 aliphatic heterocycles. The summed E-state index contributed by atoms with van der Waals surface area (Å²) >= 11 is 6.94. The minimum atomic E-state index is 0.772. The van der Waals surface area contributed by atoms with Crippen molar-refractivity contribution >= 4 is 37.5 Å². The number of aromatic nitrogens is 1. The minimum absolute atomic E-state index is 0.772. The molecular formula is C12H10Br2N2. The summed E-state index contributed by atoms with van der Waals surface area (Å²) in [5.74, 6) is 0. The number of hydrogen-bond acceptors (Lipinski definition) is 2. The average Bonchev–Trinajstić information content (AvgIpc) is 2.29. The van der Waals surface area contributed by atoms with Gasteiger partial charge in [0.2, 0.25) is 0 Å². The number of rotatable bonds is 3. The second-order valence-electron chi connectivity index (χ2n) is 3.34. The Kier molecular flexibility index (Phi) is 3.96.